The second kappa shape index (κ2) is 6.44. The lowest BCUT2D eigenvalue weighted by Crippen LogP contribution is -2.00. The largest absolute Gasteiger partial charge is 0.279 e. The first-order valence-electron chi connectivity index (χ1n) is 7.54. The molecule has 0 saturated heterocycles. The van der Waals surface area contributed by atoms with Crippen molar-refractivity contribution in [2.75, 3.05) is 5.43 Å². The zero-order valence-electron chi connectivity index (χ0n) is 13.0. The Morgan fingerprint density at radius 3 is 2.41 bits per heavy atom. The third-order valence-electron chi connectivity index (χ3n) is 3.88. The maximum atomic E-state index is 4.37. The van der Waals surface area contributed by atoms with Gasteiger partial charge in [-0.05, 0) is 37.1 Å². The van der Waals surface area contributed by atoms with Crippen LogP contribution in [0.25, 0.3) is 0 Å². The molecule has 0 bridgehead atoms. The van der Waals surface area contributed by atoms with Crippen LogP contribution in [0, 0.1) is 0 Å². The molecule has 2 heteroatoms. The minimum Gasteiger partial charge on any atom is -0.279 e. The molecule has 3 rings (SSSR count). The Bertz CT molecular complexity index is 739. The molecular formula is C20H20N2. The number of nitrogens with zero attached hydrogens (tertiary/aromatic N) is 1. The molecule has 0 aliphatic heterocycles. The molecule has 2 aromatic rings. The predicted octanol–water partition coefficient (Wildman–Crippen LogP) is 5.12. The highest BCUT2D eigenvalue weighted by Gasteiger charge is 2.17. The van der Waals surface area contributed by atoms with Gasteiger partial charge in [0.2, 0.25) is 0 Å². The molecular weight excluding hydrogens is 268 g/mol. The standard InChI is InChI=1S/C20H20N2/c1-15-12-16(2)20(13-15)19-11-7-6-8-17(19)14-21-22-18-9-4-3-5-10-18/h3-14,20,22H,1-2H3. The van der Waals surface area contributed by atoms with Crippen LogP contribution in [0.1, 0.15) is 30.9 Å². The summed E-state index contributed by atoms with van der Waals surface area (Å²) in [6.45, 7) is 4.34. The molecule has 1 N–H and O–H groups in total. The predicted molar refractivity (Wildman–Crippen MR) is 94.4 cm³/mol. The van der Waals surface area contributed by atoms with Gasteiger partial charge < -0.3 is 0 Å². The zero-order valence-corrected chi connectivity index (χ0v) is 13.0. The van der Waals surface area contributed by atoms with E-state index in [1.54, 1.807) is 0 Å². The first kappa shape index (κ1) is 14.3. The number of hydrogen-bond donors (Lipinski definition) is 1. The first-order valence-corrected chi connectivity index (χ1v) is 7.54. The van der Waals surface area contributed by atoms with Crippen LogP contribution in [-0.4, -0.2) is 6.21 Å². The van der Waals surface area contributed by atoms with Crippen LogP contribution in [0.15, 0.2) is 83.0 Å². The van der Waals surface area contributed by atoms with Crippen LogP contribution in [0.3, 0.4) is 0 Å². The van der Waals surface area contributed by atoms with Gasteiger partial charge in [0.25, 0.3) is 0 Å². The van der Waals surface area contributed by atoms with Crippen LogP contribution >= 0.6 is 0 Å². The Kier molecular flexibility index (Phi) is 4.19. The maximum Gasteiger partial charge on any atom is 0.0561 e. The molecule has 0 heterocycles. The average Bonchev–Trinajstić information content (AvgIpc) is 2.87. The lowest BCUT2D eigenvalue weighted by Gasteiger charge is -2.13. The summed E-state index contributed by atoms with van der Waals surface area (Å²) in [5.74, 6) is 0.361. The van der Waals surface area contributed by atoms with Crippen molar-refractivity contribution in [1.29, 1.82) is 0 Å². The minimum atomic E-state index is 0.361. The Hall–Kier alpha value is -2.61. The summed E-state index contributed by atoms with van der Waals surface area (Å²) in [7, 11) is 0. The van der Waals surface area contributed by atoms with Crippen LogP contribution in [0.4, 0.5) is 5.69 Å². The average molecular weight is 288 g/mol. The Morgan fingerprint density at radius 1 is 0.955 bits per heavy atom. The normalized spacial score (nSPS) is 17.5. The number of para-hydroxylation sites is 1. The van der Waals surface area contributed by atoms with Crippen LogP contribution < -0.4 is 5.43 Å². The number of anilines is 1. The fourth-order valence-electron chi connectivity index (χ4n) is 2.83. The van der Waals surface area contributed by atoms with Gasteiger partial charge in [0.05, 0.1) is 11.9 Å². The highest BCUT2D eigenvalue weighted by molar-refractivity contribution is 5.83. The van der Waals surface area contributed by atoms with E-state index in [1.807, 2.05) is 36.5 Å². The molecule has 1 atom stereocenters. The first-order chi connectivity index (χ1) is 10.7. The van der Waals surface area contributed by atoms with Crippen LogP contribution in [-0.2, 0) is 0 Å². The van der Waals surface area contributed by atoms with Gasteiger partial charge in [-0.3, -0.25) is 5.43 Å². The summed E-state index contributed by atoms with van der Waals surface area (Å²) in [6.07, 6.45) is 6.46. The molecule has 1 unspecified atom stereocenters. The van der Waals surface area contributed by atoms with Crippen molar-refractivity contribution in [2.45, 2.75) is 19.8 Å². The van der Waals surface area contributed by atoms with Crippen molar-refractivity contribution >= 4 is 11.9 Å². The third-order valence-corrected chi connectivity index (χ3v) is 3.88. The maximum absolute atomic E-state index is 4.37. The van der Waals surface area contributed by atoms with Crippen LogP contribution in [0.2, 0.25) is 0 Å². The van der Waals surface area contributed by atoms with Crippen molar-refractivity contribution < 1.29 is 0 Å². The van der Waals surface area contributed by atoms with E-state index in [2.05, 4.69) is 60.8 Å². The second-order valence-electron chi connectivity index (χ2n) is 5.64. The van der Waals surface area contributed by atoms with Gasteiger partial charge in [0.1, 0.15) is 0 Å². The molecule has 0 radical (unpaired) electrons. The molecule has 2 nitrogen and oxygen atoms in total. The number of rotatable bonds is 4. The summed E-state index contributed by atoms with van der Waals surface area (Å²) < 4.78 is 0. The number of hydrazone groups is 1. The quantitative estimate of drug-likeness (QED) is 0.612. The van der Waals surface area contributed by atoms with E-state index in [4.69, 9.17) is 0 Å². The van der Waals surface area contributed by atoms with Crippen molar-refractivity contribution in [3.8, 4) is 0 Å². The molecule has 0 fully saturated rings. The fraction of sp³-hybridized carbons (Fsp3) is 0.150. The molecule has 110 valence electrons. The van der Waals surface area contributed by atoms with Gasteiger partial charge in [-0.15, -0.1) is 0 Å². The highest BCUT2D eigenvalue weighted by Crippen LogP contribution is 2.34. The molecule has 0 aromatic heterocycles. The molecule has 0 amide bonds. The second-order valence-corrected chi connectivity index (χ2v) is 5.64. The van der Waals surface area contributed by atoms with Gasteiger partial charge in [0, 0.05) is 5.92 Å². The smallest absolute Gasteiger partial charge is 0.0561 e. The summed E-state index contributed by atoms with van der Waals surface area (Å²) in [5.41, 5.74) is 9.22. The van der Waals surface area contributed by atoms with Crippen molar-refractivity contribution in [1.82, 2.24) is 0 Å². The number of nitrogens with one attached hydrogen (secondary N) is 1. The van der Waals surface area contributed by atoms with E-state index in [0.717, 1.165) is 11.3 Å². The van der Waals surface area contributed by atoms with E-state index < -0.39 is 0 Å². The minimum absolute atomic E-state index is 0.361. The van der Waals surface area contributed by atoms with Gasteiger partial charge >= 0.3 is 0 Å². The highest BCUT2D eigenvalue weighted by atomic mass is 15.3. The Labute approximate surface area is 131 Å². The SMILES string of the molecule is CC1=CC(c2ccccc2C=NNc2ccccc2)C(C)=C1. The lowest BCUT2D eigenvalue weighted by molar-refractivity contribution is 1.01. The molecule has 2 aromatic carbocycles. The summed E-state index contributed by atoms with van der Waals surface area (Å²) >= 11 is 0. The van der Waals surface area contributed by atoms with Crippen molar-refractivity contribution in [2.24, 2.45) is 5.10 Å². The lowest BCUT2D eigenvalue weighted by atomic mass is 9.91. The molecule has 1 aliphatic carbocycles. The van der Waals surface area contributed by atoms with E-state index >= 15 is 0 Å². The van der Waals surface area contributed by atoms with Gasteiger partial charge in [-0.1, -0.05) is 65.8 Å². The van der Waals surface area contributed by atoms with Crippen LogP contribution in [0.5, 0.6) is 0 Å². The number of hydrogen-bond acceptors (Lipinski definition) is 2. The number of benzene rings is 2. The fourth-order valence-corrected chi connectivity index (χ4v) is 2.83. The van der Waals surface area contributed by atoms with E-state index in [0.29, 0.717) is 5.92 Å². The molecule has 0 saturated carbocycles. The van der Waals surface area contributed by atoms with E-state index in [1.165, 1.54) is 16.7 Å². The van der Waals surface area contributed by atoms with Gasteiger partial charge in [-0.25, -0.2) is 0 Å². The summed E-state index contributed by atoms with van der Waals surface area (Å²) in [6, 6.07) is 18.4. The molecule has 1 aliphatic rings. The summed E-state index contributed by atoms with van der Waals surface area (Å²) in [4.78, 5) is 0. The summed E-state index contributed by atoms with van der Waals surface area (Å²) in [5, 5.41) is 4.37. The number of allylic oxidation sites excluding steroid dienone is 4. The molecule has 0 spiro atoms. The topological polar surface area (TPSA) is 24.4 Å². The third kappa shape index (κ3) is 3.17. The van der Waals surface area contributed by atoms with Gasteiger partial charge in [0.15, 0.2) is 0 Å². The zero-order chi connectivity index (χ0) is 15.4. The van der Waals surface area contributed by atoms with Gasteiger partial charge in [-0.2, -0.15) is 5.10 Å². The monoisotopic (exact) mass is 288 g/mol. The Balaban J connectivity index is 1.82. The Morgan fingerprint density at radius 2 is 1.68 bits per heavy atom. The van der Waals surface area contributed by atoms with Crippen molar-refractivity contribution in [3.05, 3.63) is 89.0 Å². The van der Waals surface area contributed by atoms with E-state index in [-0.39, 0.29) is 0 Å². The van der Waals surface area contributed by atoms with Crippen molar-refractivity contribution in [3.63, 3.8) is 0 Å². The molecule has 22 heavy (non-hydrogen) atoms. The van der Waals surface area contributed by atoms with E-state index in [9.17, 15) is 0 Å².